The van der Waals surface area contributed by atoms with Gasteiger partial charge in [0.2, 0.25) is 0 Å². The third kappa shape index (κ3) is 4.16. The highest BCUT2D eigenvalue weighted by atomic mass is 15.4. The molecular formula is C45H48N2. The van der Waals surface area contributed by atoms with Crippen LogP contribution in [0.5, 0.6) is 0 Å². The highest BCUT2D eigenvalue weighted by molar-refractivity contribution is 5.96. The normalized spacial score (nSPS) is 18.6. The summed E-state index contributed by atoms with van der Waals surface area (Å²) in [4.78, 5) is 5.47. The van der Waals surface area contributed by atoms with Gasteiger partial charge in [0.15, 0.2) is 0 Å². The van der Waals surface area contributed by atoms with Crippen LogP contribution in [-0.4, -0.2) is 0 Å². The largest absolute Gasteiger partial charge is 0.314 e. The Morgan fingerprint density at radius 3 is 1.74 bits per heavy atom. The molecule has 0 spiro atoms. The number of benzene rings is 5. The summed E-state index contributed by atoms with van der Waals surface area (Å²) in [5.74, 6) is 1.50. The Hall–Kier alpha value is -4.30. The fourth-order valence-electron chi connectivity index (χ4n) is 9.03. The van der Waals surface area contributed by atoms with Crippen molar-refractivity contribution >= 4 is 22.7 Å². The topological polar surface area (TPSA) is 6.48 Å². The van der Waals surface area contributed by atoms with Gasteiger partial charge in [-0.25, -0.2) is 0 Å². The molecule has 2 heterocycles. The number of fused-ring (bicyclic) bond motifs is 5. The molecule has 5 aromatic rings. The van der Waals surface area contributed by atoms with Crippen LogP contribution in [0.2, 0.25) is 0 Å². The molecule has 2 aliphatic heterocycles. The first-order chi connectivity index (χ1) is 22.5. The maximum atomic E-state index is 2.74. The summed E-state index contributed by atoms with van der Waals surface area (Å²) in [6.07, 6.45) is -0.0316. The summed E-state index contributed by atoms with van der Waals surface area (Å²) >= 11 is 0. The van der Waals surface area contributed by atoms with Gasteiger partial charge < -0.3 is 9.80 Å². The van der Waals surface area contributed by atoms with Gasteiger partial charge in [0.05, 0.1) is 22.7 Å². The molecule has 5 aromatic carbocycles. The first-order valence-electron chi connectivity index (χ1n) is 17.7. The Morgan fingerprint density at radius 2 is 1.09 bits per heavy atom. The van der Waals surface area contributed by atoms with Crippen molar-refractivity contribution < 1.29 is 0 Å². The highest BCUT2D eigenvalue weighted by Crippen LogP contribution is 2.63. The van der Waals surface area contributed by atoms with Crippen LogP contribution in [0.4, 0.5) is 22.7 Å². The molecular weight excluding hydrogens is 569 g/mol. The Kier molecular flexibility index (Phi) is 6.78. The van der Waals surface area contributed by atoms with Crippen LogP contribution >= 0.6 is 0 Å². The van der Waals surface area contributed by atoms with Crippen molar-refractivity contribution in [1.82, 2.24) is 0 Å². The number of nitrogens with zero attached hydrogens (tertiary/aromatic N) is 2. The van der Waals surface area contributed by atoms with Crippen molar-refractivity contribution in [2.75, 3.05) is 9.80 Å². The molecule has 2 atom stereocenters. The maximum Gasteiger partial charge on any atom is 0.137 e. The fraction of sp³-hybridized carbons (Fsp3) is 0.333. The molecule has 0 aromatic heterocycles. The van der Waals surface area contributed by atoms with Gasteiger partial charge in [-0.2, -0.15) is 0 Å². The van der Waals surface area contributed by atoms with Crippen molar-refractivity contribution in [1.29, 1.82) is 0 Å². The van der Waals surface area contributed by atoms with Crippen LogP contribution in [0.15, 0.2) is 97.1 Å². The minimum atomic E-state index is -0.0316. The van der Waals surface area contributed by atoms with Gasteiger partial charge in [-0.05, 0) is 85.5 Å². The van der Waals surface area contributed by atoms with Gasteiger partial charge in [-0.1, -0.05) is 147 Å². The molecule has 0 amide bonds. The van der Waals surface area contributed by atoms with Gasteiger partial charge in [0, 0.05) is 11.3 Å². The first-order valence-corrected chi connectivity index (χ1v) is 17.7. The van der Waals surface area contributed by atoms with Crippen LogP contribution in [0.25, 0.3) is 11.1 Å². The van der Waals surface area contributed by atoms with Crippen molar-refractivity contribution in [2.45, 2.75) is 97.6 Å². The summed E-state index contributed by atoms with van der Waals surface area (Å²) in [6.45, 7) is 21.3. The smallest absolute Gasteiger partial charge is 0.137 e. The van der Waals surface area contributed by atoms with E-state index in [1.165, 1.54) is 78.4 Å². The number of hydrogen-bond donors (Lipinski definition) is 0. The molecule has 8 rings (SSSR count). The molecule has 0 radical (unpaired) electrons. The Bertz CT molecular complexity index is 2020. The van der Waals surface area contributed by atoms with Crippen molar-refractivity contribution in [2.24, 2.45) is 0 Å². The summed E-state index contributed by atoms with van der Waals surface area (Å²) < 4.78 is 0. The molecule has 238 valence electrons. The number of hydrogen-bond acceptors (Lipinski definition) is 2. The first kappa shape index (κ1) is 30.1. The second-order valence-corrected chi connectivity index (χ2v) is 15.6. The minimum absolute atomic E-state index is 0.0248. The predicted octanol–water partition coefficient (Wildman–Crippen LogP) is 12.8. The Balaban J connectivity index is 1.48. The predicted molar refractivity (Wildman–Crippen MR) is 200 cm³/mol. The lowest BCUT2D eigenvalue weighted by atomic mass is 9.82. The number of para-hydroxylation sites is 3. The van der Waals surface area contributed by atoms with E-state index in [0.717, 1.165) is 0 Å². The average Bonchev–Trinajstić information content (AvgIpc) is 3.52. The SMILES string of the molecule is CC(C)c1cccc(C(C)C)c1N1c2cccc3c2N(c2c(C(C)C)cccc2C3C)C1c1ccc2c(c1)-c1ccccc1C2(C)C. The van der Waals surface area contributed by atoms with Crippen molar-refractivity contribution in [3.8, 4) is 11.1 Å². The highest BCUT2D eigenvalue weighted by Gasteiger charge is 2.47. The summed E-state index contributed by atoms with van der Waals surface area (Å²) in [5, 5.41) is 0. The molecule has 2 heteroatoms. The fourth-order valence-corrected chi connectivity index (χ4v) is 9.03. The standard InChI is InChI=1S/C45H48N2/c1-26(2)31-16-12-17-32(27(3)4)41(31)46-40-22-14-20-35-29(7)34-19-13-18-33(28(5)6)42(34)47(43(35)40)44(46)30-23-24-39-37(25-30)36-15-10-11-21-38(36)45(39,8)9/h10-29,44H,1-9H3. The van der Waals surface area contributed by atoms with Gasteiger partial charge in [-0.3, -0.25) is 0 Å². The molecule has 47 heavy (non-hydrogen) atoms. The molecule has 2 unspecified atom stereocenters. The van der Waals surface area contributed by atoms with Crippen molar-refractivity contribution in [3.63, 3.8) is 0 Å². The zero-order valence-corrected chi connectivity index (χ0v) is 29.5. The second kappa shape index (κ2) is 10.6. The lowest BCUT2D eigenvalue weighted by Crippen LogP contribution is -2.34. The third-order valence-corrected chi connectivity index (χ3v) is 11.4. The molecule has 0 N–H and O–H groups in total. The van der Waals surface area contributed by atoms with E-state index in [9.17, 15) is 0 Å². The zero-order valence-electron chi connectivity index (χ0n) is 29.5. The molecule has 0 saturated heterocycles. The van der Waals surface area contributed by atoms with Crippen molar-refractivity contribution in [3.05, 3.63) is 142 Å². The van der Waals surface area contributed by atoms with Gasteiger partial charge >= 0.3 is 0 Å². The Labute approximate surface area is 282 Å². The summed E-state index contributed by atoms with van der Waals surface area (Å²) in [5.41, 5.74) is 19.5. The van der Waals surface area contributed by atoms with Crippen LogP contribution in [0.1, 0.15) is 137 Å². The average molecular weight is 617 g/mol. The minimum Gasteiger partial charge on any atom is -0.314 e. The zero-order chi connectivity index (χ0) is 32.9. The van der Waals surface area contributed by atoms with Crippen LogP contribution in [-0.2, 0) is 5.41 Å². The van der Waals surface area contributed by atoms with Crippen LogP contribution < -0.4 is 9.80 Å². The molecule has 3 aliphatic rings. The summed E-state index contributed by atoms with van der Waals surface area (Å²) in [7, 11) is 0. The van der Waals surface area contributed by atoms with E-state index in [1.807, 2.05) is 0 Å². The second-order valence-electron chi connectivity index (χ2n) is 15.6. The maximum absolute atomic E-state index is 2.74. The molecule has 0 bridgehead atoms. The Morgan fingerprint density at radius 1 is 0.532 bits per heavy atom. The molecule has 0 saturated carbocycles. The number of rotatable bonds is 5. The van der Waals surface area contributed by atoms with E-state index in [1.54, 1.807) is 0 Å². The van der Waals surface area contributed by atoms with Gasteiger partial charge in [0.1, 0.15) is 6.17 Å². The quantitative estimate of drug-likeness (QED) is 0.194. The monoisotopic (exact) mass is 616 g/mol. The lowest BCUT2D eigenvalue weighted by Gasteiger charge is -2.41. The van der Waals surface area contributed by atoms with E-state index in [2.05, 4.69) is 169 Å². The van der Waals surface area contributed by atoms with Crippen LogP contribution in [0, 0.1) is 0 Å². The van der Waals surface area contributed by atoms with Gasteiger partial charge in [0.25, 0.3) is 0 Å². The van der Waals surface area contributed by atoms with E-state index < -0.39 is 0 Å². The van der Waals surface area contributed by atoms with Gasteiger partial charge in [-0.15, -0.1) is 0 Å². The lowest BCUT2D eigenvalue weighted by molar-refractivity contribution is 0.658. The van der Waals surface area contributed by atoms with Crippen LogP contribution in [0.3, 0.4) is 0 Å². The van der Waals surface area contributed by atoms with E-state index in [4.69, 9.17) is 0 Å². The van der Waals surface area contributed by atoms with E-state index in [0.29, 0.717) is 23.7 Å². The number of anilines is 4. The van der Waals surface area contributed by atoms with E-state index >= 15 is 0 Å². The molecule has 2 nitrogen and oxygen atoms in total. The summed E-state index contributed by atoms with van der Waals surface area (Å²) in [6, 6.07) is 37.5. The third-order valence-electron chi connectivity index (χ3n) is 11.4. The molecule has 0 fully saturated rings. The molecule has 1 aliphatic carbocycles. The van der Waals surface area contributed by atoms with E-state index in [-0.39, 0.29) is 11.6 Å².